The minimum absolute atomic E-state index is 0.379. The highest BCUT2D eigenvalue weighted by atomic mass is 16.5. The largest absolute Gasteiger partial charge is 0.371 e. The molecule has 2 heterocycles. The van der Waals surface area contributed by atoms with Crippen molar-refractivity contribution in [2.45, 2.75) is 38.7 Å². The van der Waals surface area contributed by atoms with Gasteiger partial charge in [0.1, 0.15) is 5.60 Å². The predicted octanol–water partition coefficient (Wildman–Crippen LogP) is 1.51. The summed E-state index contributed by atoms with van der Waals surface area (Å²) < 4.78 is 5.56. The molecular formula is C14H27N5O. The van der Waals surface area contributed by atoms with E-state index >= 15 is 0 Å². The van der Waals surface area contributed by atoms with Crippen LogP contribution in [0.4, 0.5) is 5.95 Å². The van der Waals surface area contributed by atoms with Gasteiger partial charge in [0.05, 0.1) is 0 Å². The Morgan fingerprint density at radius 2 is 2.15 bits per heavy atom. The van der Waals surface area contributed by atoms with Crippen LogP contribution in [0.25, 0.3) is 0 Å². The van der Waals surface area contributed by atoms with Crippen molar-refractivity contribution in [2.75, 3.05) is 38.7 Å². The van der Waals surface area contributed by atoms with Gasteiger partial charge in [-0.2, -0.15) is 4.98 Å². The van der Waals surface area contributed by atoms with Gasteiger partial charge in [-0.25, -0.2) is 0 Å². The van der Waals surface area contributed by atoms with Gasteiger partial charge in [-0.3, -0.25) is 5.10 Å². The lowest BCUT2D eigenvalue weighted by Gasteiger charge is -2.31. The standard InChI is InChI=1S/C14H27N5O/c1-5-14(2,20-4)12-16-13(18-17-12)19-8-6-11(7-9-19)10-15-3/h11,15H,5-10H2,1-4H3,(H,16,17,18). The van der Waals surface area contributed by atoms with Crippen LogP contribution >= 0.6 is 0 Å². The lowest BCUT2D eigenvalue weighted by molar-refractivity contribution is -0.00865. The molecule has 20 heavy (non-hydrogen) atoms. The second-order valence-corrected chi connectivity index (χ2v) is 5.76. The summed E-state index contributed by atoms with van der Waals surface area (Å²) in [6.45, 7) is 7.29. The van der Waals surface area contributed by atoms with Gasteiger partial charge in [-0.05, 0) is 45.7 Å². The summed E-state index contributed by atoms with van der Waals surface area (Å²) >= 11 is 0. The summed E-state index contributed by atoms with van der Waals surface area (Å²) in [5, 5.41) is 10.7. The molecule has 1 unspecified atom stereocenters. The number of hydrogen-bond acceptors (Lipinski definition) is 5. The van der Waals surface area contributed by atoms with Crippen LogP contribution < -0.4 is 10.2 Å². The number of aromatic nitrogens is 3. The number of rotatable bonds is 6. The van der Waals surface area contributed by atoms with Gasteiger partial charge in [0.25, 0.3) is 0 Å². The third-order valence-corrected chi connectivity index (χ3v) is 4.49. The quantitative estimate of drug-likeness (QED) is 0.827. The molecule has 6 nitrogen and oxygen atoms in total. The molecule has 0 spiro atoms. The minimum Gasteiger partial charge on any atom is -0.371 e. The highest BCUT2D eigenvalue weighted by Gasteiger charge is 2.29. The Balaban J connectivity index is 2.00. The van der Waals surface area contributed by atoms with Gasteiger partial charge in [0.2, 0.25) is 5.95 Å². The molecule has 0 aliphatic carbocycles. The third-order valence-electron chi connectivity index (χ3n) is 4.49. The fraction of sp³-hybridized carbons (Fsp3) is 0.857. The fourth-order valence-electron chi connectivity index (χ4n) is 2.67. The zero-order chi connectivity index (χ0) is 14.6. The maximum atomic E-state index is 5.56. The normalized spacial score (nSPS) is 20.1. The number of ether oxygens (including phenoxy) is 1. The van der Waals surface area contributed by atoms with Gasteiger partial charge < -0.3 is 15.0 Å². The van der Waals surface area contributed by atoms with Crippen LogP contribution in [0.5, 0.6) is 0 Å². The van der Waals surface area contributed by atoms with Crippen LogP contribution in [0.1, 0.15) is 38.9 Å². The van der Waals surface area contributed by atoms with Gasteiger partial charge in [0, 0.05) is 20.2 Å². The molecule has 0 bridgehead atoms. The van der Waals surface area contributed by atoms with Crippen LogP contribution in [0, 0.1) is 5.92 Å². The molecule has 1 aromatic rings. The number of aromatic amines is 1. The van der Waals surface area contributed by atoms with E-state index in [0.717, 1.165) is 43.7 Å². The highest BCUT2D eigenvalue weighted by Crippen LogP contribution is 2.27. The molecule has 1 aliphatic heterocycles. The number of piperidine rings is 1. The van der Waals surface area contributed by atoms with Gasteiger partial charge in [0.15, 0.2) is 5.82 Å². The van der Waals surface area contributed by atoms with Crippen molar-refractivity contribution in [1.29, 1.82) is 0 Å². The number of methoxy groups -OCH3 is 1. The first-order valence-corrected chi connectivity index (χ1v) is 7.50. The average molecular weight is 281 g/mol. The lowest BCUT2D eigenvalue weighted by Crippen LogP contribution is -2.37. The summed E-state index contributed by atoms with van der Waals surface area (Å²) in [5.41, 5.74) is -0.379. The van der Waals surface area contributed by atoms with Gasteiger partial charge in [-0.1, -0.05) is 6.92 Å². The first-order chi connectivity index (χ1) is 9.62. The van der Waals surface area contributed by atoms with E-state index in [4.69, 9.17) is 4.74 Å². The van der Waals surface area contributed by atoms with Crippen molar-refractivity contribution in [1.82, 2.24) is 20.5 Å². The Hall–Kier alpha value is -1.14. The average Bonchev–Trinajstić information content (AvgIpc) is 2.98. The molecule has 1 atom stereocenters. The zero-order valence-electron chi connectivity index (χ0n) is 13.1. The molecule has 0 aromatic carbocycles. The second kappa shape index (κ2) is 6.54. The van der Waals surface area contributed by atoms with Crippen molar-refractivity contribution in [2.24, 2.45) is 5.92 Å². The van der Waals surface area contributed by atoms with Crippen molar-refractivity contribution in [3.05, 3.63) is 5.82 Å². The Morgan fingerprint density at radius 3 is 2.70 bits per heavy atom. The molecule has 1 aromatic heterocycles. The van der Waals surface area contributed by atoms with Crippen molar-refractivity contribution in [3.63, 3.8) is 0 Å². The van der Waals surface area contributed by atoms with Gasteiger partial charge >= 0.3 is 0 Å². The van der Waals surface area contributed by atoms with Crippen molar-refractivity contribution >= 4 is 5.95 Å². The smallest absolute Gasteiger partial charge is 0.244 e. The van der Waals surface area contributed by atoms with Crippen molar-refractivity contribution in [3.8, 4) is 0 Å². The number of anilines is 1. The van der Waals surface area contributed by atoms with E-state index in [0.29, 0.717) is 0 Å². The third kappa shape index (κ3) is 3.12. The van der Waals surface area contributed by atoms with Crippen LogP contribution in [-0.4, -0.2) is 49.0 Å². The maximum absolute atomic E-state index is 5.56. The van der Waals surface area contributed by atoms with Crippen LogP contribution in [0.15, 0.2) is 0 Å². The molecule has 2 rings (SSSR count). The minimum atomic E-state index is -0.379. The highest BCUT2D eigenvalue weighted by molar-refractivity contribution is 5.30. The van der Waals surface area contributed by atoms with E-state index < -0.39 is 0 Å². The molecule has 1 fully saturated rings. The van der Waals surface area contributed by atoms with E-state index in [1.54, 1.807) is 7.11 Å². The van der Waals surface area contributed by atoms with E-state index in [-0.39, 0.29) is 5.60 Å². The molecule has 0 saturated carbocycles. The van der Waals surface area contributed by atoms with Crippen LogP contribution in [-0.2, 0) is 10.3 Å². The summed E-state index contributed by atoms with van der Waals surface area (Å²) in [7, 11) is 3.74. The molecule has 0 amide bonds. The fourth-order valence-corrected chi connectivity index (χ4v) is 2.67. The second-order valence-electron chi connectivity index (χ2n) is 5.76. The Kier molecular flexibility index (Phi) is 4.99. The van der Waals surface area contributed by atoms with E-state index in [9.17, 15) is 0 Å². The molecule has 1 aliphatic rings. The summed E-state index contributed by atoms with van der Waals surface area (Å²) in [6.07, 6.45) is 3.25. The van der Waals surface area contributed by atoms with E-state index in [1.807, 2.05) is 14.0 Å². The van der Waals surface area contributed by atoms with Gasteiger partial charge in [-0.15, -0.1) is 5.10 Å². The topological polar surface area (TPSA) is 66.1 Å². The number of nitrogens with one attached hydrogen (secondary N) is 2. The molecule has 6 heteroatoms. The van der Waals surface area contributed by atoms with Crippen molar-refractivity contribution < 1.29 is 4.74 Å². The lowest BCUT2D eigenvalue weighted by atomic mass is 9.97. The van der Waals surface area contributed by atoms with Crippen LogP contribution in [0.2, 0.25) is 0 Å². The van der Waals surface area contributed by atoms with E-state index in [2.05, 4.69) is 32.3 Å². The molecule has 114 valence electrons. The van der Waals surface area contributed by atoms with Crippen LogP contribution in [0.3, 0.4) is 0 Å². The number of H-pyrrole nitrogens is 1. The first-order valence-electron chi connectivity index (χ1n) is 7.50. The first kappa shape index (κ1) is 15.3. The monoisotopic (exact) mass is 281 g/mol. The SMILES string of the molecule is CCC(C)(OC)c1nc(N2CCC(CNC)CC2)n[nH]1. The summed E-state index contributed by atoms with van der Waals surface area (Å²) in [5.74, 6) is 2.39. The van der Waals surface area contributed by atoms with E-state index in [1.165, 1.54) is 12.8 Å². The molecule has 2 N–H and O–H groups in total. The molecule has 0 radical (unpaired) electrons. The number of hydrogen-bond donors (Lipinski definition) is 2. The Bertz CT molecular complexity index is 407. The Morgan fingerprint density at radius 1 is 1.45 bits per heavy atom. The molecular weight excluding hydrogens is 254 g/mol. The Labute approximate surface area is 121 Å². The zero-order valence-corrected chi connectivity index (χ0v) is 13.1. The number of nitrogens with zero attached hydrogens (tertiary/aromatic N) is 3. The summed E-state index contributed by atoms with van der Waals surface area (Å²) in [4.78, 5) is 6.90. The predicted molar refractivity (Wildman–Crippen MR) is 79.9 cm³/mol. The maximum Gasteiger partial charge on any atom is 0.244 e. The molecule has 1 saturated heterocycles. The summed E-state index contributed by atoms with van der Waals surface area (Å²) in [6, 6.07) is 0.